The fourth-order valence-electron chi connectivity index (χ4n) is 1.35. The summed E-state index contributed by atoms with van der Waals surface area (Å²) in [6, 6.07) is 6.60. The third kappa shape index (κ3) is 3.65. The number of nitrogens with one attached hydrogen (secondary N) is 1. The highest BCUT2D eigenvalue weighted by Gasteiger charge is 2.14. The molecule has 0 aromatic heterocycles. The van der Waals surface area contributed by atoms with Crippen LogP contribution in [-0.4, -0.2) is 19.1 Å². The van der Waals surface area contributed by atoms with Crippen molar-refractivity contribution in [3.8, 4) is 11.8 Å². The van der Waals surface area contributed by atoms with Gasteiger partial charge in [0.25, 0.3) is 5.91 Å². The molecular formula is C12H13ClN2O2. The Balaban J connectivity index is 2.88. The van der Waals surface area contributed by atoms with E-state index >= 15 is 0 Å². The molecule has 0 aliphatic rings. The second-order valence-electron chi connectivity index (χ2n) is 3.58. The zero-order valence-electron chi connectivity index (χ0n) is 9.66. The van der Waals surface area contributed by atoms with E-state index in [1.54, 1.807) is 19.1 Å². The number of hydrogen-bond donors (Lipinski definition) is 1. The van der Waals surface area contributed by atoms with Gasteiger partial charge in [-0.3, -0.25) is 4.79 Å². The number of methoxy groups -OCH3 is 1. The SMILES string of the molecule is COc1ccc(Cl)cc1C(=O)NC(C)CC#N. The fourth-order valence-corrected chi connectivity index (χ4v) is 1.52. The zero-order valence-corrected chi connectivity index (χ0v) is 10.4. The maximum Gasteiger partial charge on any atom is 0.255 e. The molecule has 90 valence electrons. The molecule has 1 aromatic rings. The Hall–Kier alpha value is -1.73. The molecule has 1 amide bonds. The molecular weight excluding hydrogens is 240 g/mol. The Kier molecular flexibility index (Phi) is 4.80. The number of carbonyl (C=O) groups is 1. The summed E-state index contributed by atoms with van der Waals surface area (Å²) in [5.74, 6) is 0.156. The van der Waals surface area contributed by atoms with Crippen LogP contribution < -0.4 is 10.1 Å². The van der Waals surface area contributed by atoms with Gasteiger partial charge in [-0.25, -0.2) is 0 Å². The number of rotatable bonds is 4. The van der Waals surface area contributed by atoms with Gasteiger partial charge in [0.05, 0.1) is 25.2 Å². The smallest absolute Gasteiger partial charge is 0.255 e. The van der Waals surface area contributed by atoms with Gasteiger partial charge in [0.1, 0.15) is 5.75 Å². The molecule has 1 N–H and O–H groups in total. The lowest BCUT2D eigenvalue weighted by atomic mass is 10.1. The topological polar surface area (TPSA) is 62.1 Å². The lowest BCUT2D eigenvalue weighted by molar-refractivity contribution is 0.0938. The van der Waals surface area contributed by atoms with Crippen LogP contribution in [0.3, 0.4) is 0 Å². The summed E-state index contributed by atoms with van der Waals surface area (Å²) < 4.78 is 5.08. The molecule has 1 rings (SSSR count). The number of ether oxygens (including phenoxy) is 1. The van der Waals surface area contributed by atoms with Crippen LogP contribution in [-0.2, 0) is 0 Å². The van der Waals surface area contributed by atoms with Crippen LogP contribution in [0.4, 0.5) is 0 Å². The molecule has 5 heteroatoms. The summed E-state index contributed by atoms with van der Waals surface area (Å²) in [6.07, 6.45) is 0.259. The number of carbonyl (C=O) groups excluding carboxylic acids is 1. The zero-order chi connectivity index (χ0) is 12.8. The van der Waals surface area contributed by atoms with Gasteiger partial charge in [0, 0.05) is 11.1 Å². The minimum atomic E-state index is -0.299. The highest BCUT2D eigenvalue weighted by molar-refractivity contribution is 6.31. The standard InChI is InChI=1S/C12H13ClN2O2/c1-8(5-6-14)15-12(16)10-7-9(13)3-4-11(10)17-2/h3-4,7-8H,5H2,1-2H3,(H,15,16). The molecule has 0 fully saturated rings. The van der Waals surface area contributed by atoms with Gasteiger partial charge in [-0.2, -0.15) is 5.26 Å². The largest absolute Gasteiger partial charge is 0.496 e. The normalized spacial score (nSPS) is 11.4. The molecule has 0 spiro atoms. The molecule has 0 bridgehead atoms. The van der Waals surface area contributed by atoms with Crippen LogP contribution in [0, 0.1) is 11.3 Å². The first-order valence-electron chi connectivity index (χ1n) is 5.09. The second-order valence-corrected chi connectivity index (χ2v) is 4.02. The van der Waals surface area contributed by atoms with E-state index in [1.807, 2.05) is 6.07 Å². The van der Waals surface area contributed by atoms with Crippen molar-refractivity contribution in [2.45, 2.75) is 19.4 Å². The van der Waals surface area contributed by atoms with E-state index in [4.69, 9.17) is 21.6 Å². The lowest BCUT2D eigenvalue weighted by Crippen LogP contribution is -2.32. The summed E-state index contributed by atoms with van der Waals surface area (Å²) in [7, 11) is 1.48. The molecule has 0 aliphatic carbocycles. The van der Waals surface area contributed by atoms with Gasteiger partial charge < -0.3 is 10.1 Å². The molecule has 0 heterocycles. The summed E-state index contributed by atoms with van der Waals surface area (Å²) in [6.45, 7) is 1.76. The van der Waals surface area contributed by atoms with Crippen LogP contribution in [0.2, 0.25) is 5.02 Å². The van der Waals surface area contributed by atoms with Gasteiger partial charge in [-0.15, -0.1) is 0 Å². The van der Waals surface area contributed by atoms with Crippen molar-refractivity contribution in [3.05, 3.63) is 28.8 Å². The Morgan fingerprint density at radius 1 is 1.65 bits per heavy atom. The molecule has 4 nitrogen and oxygen atoms in total. The van der Waals surface area contributed by atoms with E-state index in [0.717, 1.165) is 0 Å². The maximum absolute atomic E-state index is 11.9. The fraction of sp³-hybridized carbons (Fsp3) is 0.333. The van der Waals surface area contributed by atoms with Gasteiger partial charge in [0.2, 0.25) is 0 Å². The van der Waals surface area contributed by atoms with E-state index in [1.165, 1.54) is 13.2 Å². The number of hydrogen-bond acceptors (Lipinski definition) is 3. The third-order valence-corrected chi connectivity index (χ3v) is 2.42. The van der Waals surface area contributed by atoms with E-state index in [-0.39, 0.29) is 18.4 Å². The van der Waals surface area contributed by atoms with Crippen LogP contribution >= 0.6 is 11.6 Å². The average molecular weight is 253 g/mol. The van der Waals surface area contributed by atoms with E-state index in [9.17, 15) is 4.79 Å². The number of benzene rings is 1. The van der Waals surface area contributed by atoms with E-state index < -0.39 is 0 Å². The number of nitriles is 1. The van der Waals surface area contributed by atoms with Crippen molar-refractivity contribution < 1.29 is 9.53 Å². The highest BCUT2D eigenvalue weighted by atomic mass is 35.5. The molecule has 0 radical (unpaired) electrons. The van der Waals surface area contributed by atoms with Crippen LogP contribution in [0.5, 0.6) is 5.75 Å². The van der Waals surface area contributed by atoms with Crippen molar-refractivity contribution in [1.82, 2.24) is 5.32 Å². The van der Waals surface area contributed by atoms with Gasteiger partial charge in [0.15, 0.2) is 0 Å². The molecule has 0 aliphatic heterocycles. The first-order chi connectivity index (χ1) is 8.08. The Morgan fingerprint density at radius 3 is 2.94 bits per heavy atom. The van der Waals surface area contributed by atoms with Gasteiger partial charge in [-0.1, -0.05) is 11.6 Å². The molecule has 17 heavy (non-hydrogen) atoms. The second kappa shape index (κ2) is 6.12. The van der Waals surface area contributed by atoms with Crippen LogP contribution in [0.1, 0.15) is 23.7 Å². The first-order valence-corrected chi connectivity index (χ1v) is 5.47. The van der Waals surface area contributed by atoms with Crippen molar-refractivity contribution in [2.75, 3.05) is 7.11 Å². The lowest BCUT2D eigenvalue weighted by Gasteiger charge is -2.12. The maximum atomic E-state index is 11.9. The molecule has 0 saturated heterocycles. The number of halogens is 1. The minimum absolute atomic E-state index is 0.212. The van der Waals surface area contributed by atoms with Crippen LogP contribution in [0.25, 0.3) is 0 Å². The number of amides is 1. The Morgan fingerprint density at radius 2 is 2.35 bits per heavy atom. The minimum Gasteiger partial charge on any atom is -0.496 e. The molecule has 1 atom stereocenters. The highest BCUT2D eigenvalue weighted by Crippen LogP contribution is 2.22. The summed E-state index contributed by atoms with van der Waals surface area (Å²) in [5, 5.41) is 11.7. The molecule has 1 unspecified atom stereocenters. The summed E-state index contributed by atoms with van der Waals surface area (Å²) in [5.41, 5.74) is 0.366. The van der Waals surface area contributed by atoms with Gasteiger partial charge in [-0.05, 0) is 25.1 Å². The molecule has 1 aromatic carbocycles. The van der Waals surface area contributed by atoms with Crippen molar-refractivity contribution >= 4 is 17.5 Å². The van der Waals surface area contributed by atoms with Crippen molar-refractivity contribution in [1.29, 1.82) is 5.26 Å². The van der Waals surface area contributed by atoms with E-state index in [2.05, 4.69) is 5.32 Å². The van der Waals surface area contributed by atoms with Gasteiger partial charge >= 0.3 is 0 Å². The average Bonchev–Trinajstić information content (AvgIpc) is 2.29. The predicted molar refractivity (Wildman–Crippen MR) is 65.2 cm³/mol. The van der Waals surface area contributed by atoms with Crippen LogP contribution in [0.15, 0.2) is 18.2 Å². The third-order valence-electron chi connectivity index (χ3n) is 2.18. The summed E-state index contributed by atoms with van der Waals surface area (Å²) >= 11 is 5.83. The monoisotopic (exact) mass is 252 g/mol. The Bertz CT molecular complexity index is 454. The first kappa shape index (κ1) is 13.3. The predicted octanol–water partition coefficient (Wildman–Crippen LogP) is 2.38. The van der Waals surface area contributed by atoms with Crippen molar-refractivity contribution in [2.24, 2.45) is 0 Å². The molecule has 0 saturated carbocycles. The summed E-state index contributed by atoms with van der Waals surface area (Å²) in [4.78, 5) is 11.9. The number of nitrogens with zero attached hydrogens (tertiary/aromatic N) is 1. The Labute approximate surface area is 105 Å². The van der Waals surface area contributed by atoms with Crippen molar-refractivity contribution in [3.63, 3.8) is 0 Å². The quantitative estimate of drug-likeness (QED) is 0.895. The van der Waals surface area contributed by atoms with E-state index in [0.29, 0.717) is 16.3 Å².